The third kappa shape index (κ3) is 28.6. The number of methoxy groups -OCH3 is 1. The molecule has 0 fully saturated rings. The number of carbonyl (C=O) groups excluding carboxylic acids is 4. The van der Waals surface area contributed by atoms with Crippen LogP contribution in [0, 0.1) is 0 Å². The summed E-state index contributed by atoms with van der Waals surface area (Å²) in [5.41, 5.74) is 9.57. The fraction of sp³-hybridized carbons (Fsp3) is 0.673. The molecule has 1 unspecified atom stereocenters. The molecule has 2 amide bonds. The second-order valence-electron chi connectivity index (χ2n) is 15.3. The van der Waals surface area contributed by atoms with Gasteiger partial charge < -0.3 is 82.7 Å². The third-order valence-corrected chi connectivity index (χ3v) is 10.2. The largest absolute Gasteiger partial charge is 0.449 e. The Morgan fingerprint density at radius 3 is 1.31 bits per heavy atom. The van der Waals surface area contributed by atoms with E-state index in [0.717, 1.165) is 22.3 Å². The van der Waals surface area contributed by atoms with Crippen molar-refractivity contribution >= 4 is 23.9 Å². The predicted molar refractivity (Wildman–Crippen MR) is 255 cm³/mol. The lowest BCUT2D eigenvalue weighted by molar-refractivity contribution is -0.160. The standard InChI is InChI=1S/C49H77N3O18/c1-57-16-17-59-20-21-61-24-25-63-28-29-65-32-33-67-36-37-68-35-34-66-31-30-64-27-26-62-23-22-60-19-18-58-15-13-46(53)51-14-7-6-12-45(48(55)70-47(54)38-50)52-49(56)69-39-44-42-10-4-2-8-40(42)41-9-3-5-11-43(41)44/h2-5,8-11,44-45H,6-7,12-39,50H2,1H3,(H,51,53)(H,52,56). The maximum Gasteiger partial charge on any atom is 0.407 e. The molecule has 0 heterocycles. The van der Waals surface area contributed by atoms with Gasteiger partial charge in [0.25, 0.3) is 0 Å². The summed E-state index contributed by atoms with van der Waals surface area (Å²) in [5, 5.41) is 5.35. The Hall–Kier alpha value is -4.20. The number of fused-ring (bicyclic) bond motifs is 3. The summed E-state index contributed by atoms with van der Waals surface area (Å²) in [5.74, 6) is -2.21. The summed E-state index contributed by atoms with van der Waals surface area (Å²) >= 11 is 0. The highest BCUT2D eigenvalue weighted by atomic mass is 16.6. The first kappa shape index (κ1) is 60.1. The van der Waals surface area contributed by atoms with Crippen molar-refractivity contribution in [3.63, 3.8) is 0 Å². The maximum atomic E-state index is 12.9. The van der Waals surface area contributed by atoms with Gasteiger partial charge in [0.1, 0.15) is 12.6 Å². The van der Waals surface area contributed by atoms with E-state index >= 15 is 0 Å². The molecule has 0 aliphatic heterocycles. The van der Waals surface area contributed by atoms with E-state index in [2.05, 4.69) is 10.6 Å². The Labute approximate surface area is 412 Å². The van der Waals surface area contributed by atoms with Gasteiger partial charge in [-0.2, -0.15) is 0 Å². The number of esters is 2. The van der Waals surface area contributed by atoms with E-state index in [1.807, 2.05) is 48.5 Å². The van der Waals surface area contributed by atoms with Crippen molar-refractivity contribution in [2.45, 2.75) is 37.6 Å². The molecule has 1 aliphatic carbocycles. The van der Waals surface area contributed by atoms with Crippen molar-refractivity contribution in [1.82, 2.24) is 10.6 Å². The number of rotatable bonds is 46. The zero-order chi connectivity index (χ0) is 50.0. The van der Waals surface area contributed by atoms with E-state index < -0.39 is 30.6 Å². The van der Waals surface area contributed by atoms with Crippen LogP contribution in [0.25, 0.3) is 11.1 Å². The lowest BCUT2D eigenvalue weighted by Crippen LogP contribution is -2.43. The Kier molecular flexibility index (Phi) is 35.6. The smallest absolute Gasteiger partial charge is 0.407 e. The molecular formula is C49H77N3O18. The number of nitrogens with one attached hydrogen (secondary N) is 2. The molecular weight excluding hydrogens is 919 g/mol. The van der Waals surface area contributed by atoms with Gasteiger partial charge in [0, 0.05) is 26.0 Å². The van der Waals surface area contributed by atoms with Gasteiger partial charge in [0.15, 0.2) is 0 Å². The van der Waals surface area contributed by atoms with Crippen LogP contribution in [-0.2, 0) is 80.7 Å². The maximum absolute atomic E-state index is 12.9. The Balaban J connectivity index is 1.04. The molecule has 70 heavy (non-hydrogen) atoms. The average Bonchev–Trinajstić information content (AvgIpc) is 3.69. The van der Waals surface area contributed by atoms with Gasteiger partial charge in [0.05, 0.1) is 159 Å². The van der Waals surface area contributed by atoms with Crippen LogP contribution in [0.1, 0.15) is 42.7 Å². The van der Waals surface area contributed by atoms with Gasteiger partial charge >= 0.3 is 18.0 Å². The Bertz CT molecular complexity index is 1630. The number of ether oxygens (including phenoxy) is 14. The molecule has 3 rings (SSSR count). The van der Waals surface area contributed by atoms with Crippen molar-refractivity contribution in [2.24, 2.45) is 5.73 Å². The molecule has 396 valence electrons. The van der Waals surface area contributed by atoms with Crippen LogP contribution in [0.15, 0.2) is 48.5 Å². The van der Waals surface area contributed by atoms with Crippen LogP contribution in [0.4, 0.5) is 4.79 Å². The number of amides is 2. The third-order valence-electron chi connectivity index (χ3n) is 10.2. The van der Waals surface area contributed by atoms with E-state index in [4.69, 9.17) is 72.0 Å². The van der Waals surface area contributed by atoms with Gasteiger partial charge in [-0.05, 0) is 41.5 Å². The van der Waals surface area contributed by atoms with Crippen molar-refractivity contribution in [3.8, 4) is 11.1 Å². The summed E-state index contributed by atoms with van der Waals surface area (Å²) in [7, 11) is 1.64. The minimum atomic E-state index is -1.15. The van der Waals surface area contributed by atoms with Crippen LogP contribution in [0.3, 0.4) is 0 Å². The monoisotopic (exact) mass is 996 g/mol. The molecule has 0 aromatic heterocycles. The van der Waals surface area contributed by atoms with Crippen LogP contribution in [-0.4, -0.2) is 209 Å². The minimum Gasteiger partial charge on any atom is -0.449 e. The first-order valence-corrected chi connectivity index (χ1v) is 24.1. The van der Waals surface area contributed by atoms with Gasteiger partial charge in [0.2, 0.25) is 5.91 Å². The van der Waals surface area contributed by atoms with Crippen molar-refractivity contribution < 1.29 is 85.5 Å². The summed E-state index contributed by atoms with van der Waals surface area (Å²) in [4.78, 5) is 49.6. The van der Waals surface area contributed by atoms with E-state index in [1.54, 1.807) is 7.11 Å². The normalized spacial score (nSPS) is 12.4. The molecule has 1 atom stereocenters. The van der Waals surface area contributed by atoms with Gasteiger partial charge in [-0.25, -0.2) is 9.59 Å². The predicted octanol–water partition coefficient (Wildman–Crippen LogP) is 2.43. The minimum absolute atomic E-state index is 0.0531. The van der Waals surface area contributed by atoms with Crippen molar-refractivity contribution in [3.05, 3.63) is 59.7 Å². The number of unbranched alkanes of at least 4 members (excludes halogenated alkanes) is 1. The number of nitrogens with two attached hydrogens (primary N) is 1. The molecule has 0 saturated carbocycles. The summed E-state index contributed by atoms with van der Waals surface area (Å²) in [6, 6.07) is 14.7. The summed E-state index contributed by atoms with van der Waals surface area (Å²) < 4.78 is 75.4. The first-order valence-electron chi connectivity index (χ1n) is 24.1. The molecule has 21 heteroatoms. The molecule has 2 aromatic carbocycles. The van der Waals surface area contributed by atoms with Gasteiger partial charge in [-0.3, -0.25) is 9.59 Å². The topological polar surface area (TPSA) is 248 Å². The highest BCUT2D eigenvalue weighted by molar-refractivity contribution is 5.91. The molecule has 0 radical (unpaired) electrons. The fourth-order valence-electron chi connectivity index (χ4n) is 6.65. The zero-order valence-electron chi connectivity index (χ0n) is 40.9. The van der Waals surface area contributed by atoms with E-state index in [0.29, 0.717) is 165 Å². The SMILES string of the molecule is COCCOCCOCCOCCOCCOCCOCCOCCOCCOCCOCCOCCC(=O)NCCCCC(NC(=O)OCC1c2ccccc2-c2ccccc21)C(=O)OC(=O)CN. The van der Waals surface area contributed by atoms with Crippen LogP contribution < -0.4 is 16.4 Å². The molecule has 4 N–H and O–H groups in total. The summed E-state index contributed by atoms with van der Waals surface area (Å²) in [6.45, 7) is 10.5. The molecule has 0 bridgehead atoms. The van der Waals surface area contributed by atoms with E-state index in [1.165, 1.54) is 0 Å². The summed E-state index contributed by atoms with van der Waals surface area (Å²) in [6.07, 6.45) is 0.424. The quantitative estimate of drug-likeness (QED) is 0.0490. The Morgan fingerprint density at radius 2 is 0.914 bits per heavy atom. The Morgan fingerprint density at radius 1 is 0.529 bits per heavy atom. The number of hydrogen-bond acceptors (Lipinski definition) is 19. The van der Waals surface area contributed by atoms with Crippen LogP contribution in [0.5, 0.6) is 0 Å². The van der Waals surface area contributed by atoms with Crippen LogP contribution in [0.2, 0.25) is 0 Å². The number of benzene rings is 2. The average molecular weight is 996 g/mol. The molecule has 21 nitrogen and oxygen atoms in total. The number of alkyl carbamates (subject to hydrolysis) is 1. The van der Waals surface area contributed by atoms with Crippen molar-refractivity contribution in [2.75, 3.05) is 179 Å². The second-order valence-corrected chi connectivity index (χ2v) is 15.3. The van der Waals surface area contributed by atoms with Gasteiger partial charge in [-0.15, -0.1) is 0 Å². The van der Waals surface area contributed by atoms with E-state index in [-0.39, 0.29) is 37.9 Å². The second kappa shape index (κ2) is 41.4. The lowest BCUT2D eigenvalue weighted by Gasteiger charge is -2.19. The zero-order valence-corrected chi connectivity index (χ0v) is 40.9. The highest BCUT2D eigenvalue weighted by Gasteiger charge is 2.30. The molecule has 2 aromatic rings. The molecule has 1 aliphatic rings. The fourth-order valence-corrected chi connectivity index (χ4v) is 6.65. The number of carbonyl (C=O) groups is 4. The van der Waals surface area contributed by atoms with Crippen molar-refractivity contribution in [1.29, 1.82) is 0 Å². The number of hydrogen-bond donors (Lipinski definition) is 3. The molecule has 0 saturated heterocycles. The van der Waals surface area contributed by atoms with E-state index in [9.17, 15) is 19.2 Å². The first-order chi connectivity index (χ1) is 34.4. The lowest BCUT2D eigenvalue weighted by atomic mass is 9.98. The molecule has 0 spiro atoms. The van der Waals surface area contributed by atoms with Crippen LogP contribution >= 0.6 is 0 Å². The van der Waals surface area contributed by atoms with Gasteiger partial charge in [-0.1, -0.05) is 48.5 Å². The highest BCUT2D eigenvalue weighted by Crippen LogP contribution is 2.44.